The highest BCUT2D eigenvalue weighted by Crippen LogP contribution is 2.14. The summed E-state index contributed by atoms with van der Waals surface area (Å²) in [7, 11) is 0. The average Bonchev–Trinajstić information content (AvgIpc) is 3.68. The van der Waals surface area contributed by atoms with Gasteiger partial charge in [0.1, 0.15) is 11.7 Å². The van der Waals surface area contributed by atoms with Gasteiger partial charge in [0.05, 0.1) is 13.1 Å². The maximum absolute atomic E-state index is 12.3. The zero-order chi connectivity index (χ0) is 26.2. The molecule has 0 aliphatic carbocycles. The fourth-order valence-corrected chi connectivity index (χ4v) is 4.04. The number of aliphatic imine (C=N–C) groups is 2. The van der Waals surface area contributed by atoms with Gasteiger partial charge >= 0.3 is 0 Å². The maximum atomic E-state index is 12.3. The molecule has 0 saturated heterocycles. The number of hydrogen-bond donors (Lipinski definition) is 4. The minimum atomic E-state index is -0.213. The Bertz CT molecular complexity index is 1320. The van der Waals surface area contributed by atoms with Crippen molar-refractivity contribution in [1.82, 2.24) is 10.6 Å². The summed E-state index contributed by atoms with van der Waals surface area (Å²) in [4.78, 5) is 33.4. The molecule has 3 aromatic rings. The first kappa shape index (κ1) is 30.1. The topological polar surface area (TPSA) is 107 Å². The number of carbonyl (C=O) groups excluding carboxylic acids is 2. The monoisotopic (exact) mass is 580 g/mol. The van der Waals surface area contributed by atoms with Crippen molar-refractivity contribution in [3.63, 3.8) is 0 Å². The van der Waals surface area contributed by atoms with E-state index in [0.717, 1.165) is 71.5 Å². The van der Waals surface area contributed by atoms with Crippen molar-refractivity contribution in [3.05, 3.63) is 107 Å². The molecule has 4 N–H and O–H groups in total. The molecule has 0 radical (unpaired) electrons. The zero-order valence-corrected chi connectivity index (χ0v) is 23.2. The van der Waals surface area contributed by atoms with Crippen LogP contribution in [-0.2, 0) is 9.59 Å². The van der Waals surface area contributed by atoms with E-state index in [0.29, 0.717) is 0 Å². The summed E-state index contributed by atoms with van der Waals surface area (Å²) >= 11 is 0. The van der Waals surface area contributed by atoms with Crippen molar-refractivity contribution in [2.24, 2.45) is 9.98 Å². The van der Waals surface area contributed by atoms with Crippen molar-refractivity contribution in [1.29, 1.82) is 0 Å². The lowest BCUT2D eigenvalue weighted by Gasteiger charge is -2.05. The van der Waals surface area contributed by atoms with Crippen LogP contribution in [0.5, 0.6) is 0 Å². The van der Waals surface area contributed by atoms with Gasteiger partial charge in [-0.05, 0) is 71.8 Å². The summed E-state index contributed by atoms with van der Waals surface area (Å²) in [6.07, 6.45) is 6.49. The summed E-state index contributed by atoms with van der Waals surface area (Å²) < 4.78 is 0. The van der Waals surface area contributed by atoms with Crippen LogP contribution in [0.3, 0.4) is 0 Å². The van der Waals surface area contributed by atoms with Gasteiger partial charge in [-0.2, -0.15) is 0 Å². The lowest BCUT2D eigenvalue weighted by molar-refractivity contribution is -0.112. The first-order chi connectivity index (χ1) is 18.6. The van der Waals surface area contributed by atoms with Gasteiger partial charge in [0.25, 0.3) is 0 Å². The van der Waals surface area contributed by atoms with Crippen molar-refractivity contribution in [2.45, 2.75) is 0 Å². The van der Waals surface area contributed by atoms with E-state index in [9.17, 15) is 9.59 Å². The van der Waals surface area contributed by atoms with Gasteiger partial charge in [-0.15, -0.1) is 24.8 Å². The first-order valence-electron chi connectivity index (χ1n) is 12.5. The van der Waals surface area contributed by atoms with E-state index in [1.165, 1.54) is 12.2 Å². The lowest BCUT2D eigenvalue weighted by atomic mass is 10.1. The Morgan fingerprint density at radius 1 is 0.600 bits per heavy atom. The summed E-state index contributed by atoms with van der Waals surface area (Å²) in [5.74, 6) is 1.35. The molecular weight excluding hydrogens is 551 g/mol. The zero-order valence-electron chi connectivity index (χ0n) is 21.6. The molecule has 0 atom stereocenters. The third-order valence-electron chi connectivity index (χ3n) is 5.99. The Hall–Kier alpha value is -4.40. The Labute approximate surface area is 245 Å². The number of halogens is 2. The third-order valence-corrected chi connectivity index (χ3v) is 5.99. The van der Waals surface area contributed by atoms with Gasteiger partial charge in [0.15, 0.2) is 0 Å². The van der Waals surface area contributed by atoms with Gasteiger partial charge < -0.3 is 21.3 Å². The van der Waals surface area contributed by atoms with E-state index in [-0.39, 0.29) is 36.6 Å². The molecule has 2 heterocycles. The molecule has 2 aliphatic heterocycles. The number of amidine groups is 2. The maximum Gasteiger partial charge on any atom is 0.248 e. The van der Waals surface area contributed by atoms with Gasteiger partial charge in [-0.3, -0.25) is 19.6 Å². The first-order valence-corrected chi connectivity index (χ1v) is 12.5. The van der Waals surface area contributed by atoms with Crippen LogP contribution in [0.2, 0.25) is 0 Å². The summed E-state index contributed by atoms with van der Waals surface area (Å²) in [6.45, 7) is 3.29. The third kappa shape index (κ3) is 8.30. The largest absolute Gasteiger partial charge is 0.368 e. The van der Waals surface area contributed by atoms with Crippen LogP contribution in [0.15, 0.2) is 94.9 Å². The number of hydrogen-bond acceptors (Lipinski definition) is 6. The van der Waals surface area contributed by atoms with Crippen LogP contribution in [0.25, 0.3) is 12.2 Å². The van der Waals surface area contributed by atoms with Gasteiger partial charge in [-0.1, -0.05) is 24.3 Å². The summed E-state index contributed by atoms with van der Waals surface area (Å²) in [5.41, 5.74) is 5.20. The van der Waals surface area contributed by atoms with E-state index >= 15 is 0 Å². The molecule has 10 heteroatoms. The van der Waals surface area contributed by atoms with Crippen LogP contribution in [-0.4, -0.2) is 49.7 Å². The predicted octanol–water partition coefficient (Wildman–Crippen LogP) is 4.53. The standard InChI is InChI=1S/C30H28N6O2.2ClH/c37-27(35-25-11-7-23(8-12-25)29-31-17-18-32-29)15-5-21-1-2-22(4-3-21)6-16-28(38)36-26-13-9-24(10-14-26)30-33-19-20-34-30;;/h1-16H,17-20H2,(H,31,32)(H,33,34)(H,35,37)(H,36,38);2*1H/b15-5+,16-6+;;/i15+1,16+1,27+1,28+1;;. The quantitative estimate of drug-likeness (QED) is 0.232. The highest BCUT2D eigenvalue weighted by Gasteiger charge is 2.09. The SMILES string of the molecule is Cl.Cl.O=[13C](/[13CH]=C/c1ccc(/C=[13CH]/[13C](=O)Nc2ccc(C3=NCCN3)cc2)cc1)Nc1ccc(C2=NCCN2)cc1. The van der Waals surface area contributed by atoms with Crippen molar-refractivity contribution >= 4 is 71.8 Å². The second-order valence-corrected chi connectivity index (χ2v) is 8.78. The Morgan fingerprint density at radius 2 is 0.975 bits per heavy atom. The Balaban J connectivity index is 0.00000220. The van der Waals surface area contributed by atoms with Crippen LogP contribution < -0.4 is 21.3 Å². The number of nitrogens with zero attached hydrogens (tertiary/aromatic N) is 2. The Morgan fingerprint density at radius 3 is 1.30 bits per heavy atom. The molecule has 5 rings (SSSR count). The van der Waals surface area contributed by atoms with Crippen molar-refractivity contribution in [2.75, 3.05) is 36.8 Å². The van der Waals surface area contributed by atoms with Gasteiger partial charge in [0.2, 0.25) is 11.8 Å². The highest BCUT2D eigenvalue weighted by molar-refractivity contribution is 6.04. The normalized spacial score (nSPS) is 13.9. The number of nitrogens with one attached hydrogen (secondary N) is 4. The summed E-state index contributed by atoms with van der Waals surface area (Å²) in [6, 6.07) is 22.7. The number of anilines is 2. The second-order valence-electron chi connectivity index (χ2n) is 8.78. The minimum Gasteiger partial charge on any atom is -0.368 e. The number of rotatable bonds is 8. The highest BCUT2D eigenvalue weighted by atomic mass is 35.5. The molecule has 0 aromatic heterocycles. The van der Waals surface area contributed by atoms with E-state index < -0.39 is 0 Å². The van der Waals surface area contributed by atoms with E-state index in [1.54, 1.807) is 12.2 Å². The second kappa shape index (κ2) is 14.7. The predicted molar refractivity (Wildman–Crippen MR) is 168 cm³/mol. The molecule has 2 aliphatic rings. The van der Waals surface area contributed by atoms with Crippen LogP contribution >= 0.6 is 24.8 Å². The van der Waals surface area contributed by atoms with E-state index in [4.69, 9.17) is 0 Å². The number of carbonyl (C=O) groups is 2. The minimum absolute atomic E-state index is 0. The smallest absolute Gasteiger partial charge is 0.248 e. The Kier molecular flexibility index (Phi) is 11.1. The molecule has 2 amide bonds. The summed E-state index contributed by atoms with van der Waals surface area (Å²) in [5, 5.41) is 12.2. The molecular formula is C30H30Cl2N6O2. The molecule has 8 nitrogen and oxygen atoms in total. The van der Waals surface area contributed by atoms with Gasteiger partial charge in [-0.25, -0.2) is 0 Å². The number of benzene rings is 3. The molecule has 0 bridgehead atoms. The molecule has 206 valence electrons. The lowest BCUT2D eigenvalue weighted by Crippen LogP contribution is -2.19. The molecule has 3 aromatic carbocycles. The van der Waals surface area contributed by atoms with Crippen molar-refractivity contribution in [3.8, 4) is 0 Å². The molecule has 0 fully saturated rings. The molecule has 0 unspecified atom stereocenters. The van der Waals surface area contributed by atoms with Crippen LogP contribution in [0.4, 0.5) is 11.4 Å². The van der Waals surface area contributed by atoms with E-state index in [2.05, 4.69) is 31.3 Å². The molecule has 0 spiro atoms. The molecule has 40 heavy (non-hydrogen) atoms. The van der Waals surface area contributed by atoms with Crippen LogP contribution in [0, 0.1) is 0 Å². The van der Waals surface area contributed by atoms with Crippen molar-refractivity contribution < 1.29 is 9.59 Å². The fourth-order valence-electron chi connectivity index (χ4n) is 4.04. The fraction of sp³-hybridized carbons (Fsp3) is 0.133. The number of amides is 2. The van der Waals surface area contributed by atoms with E-state index in [1.807, 2.05) is 72.8 Å². The average molecular weight is 581 g/mol. The molecule has 0 saturated carbocycles. The van der Waals surface area contributed by atoms with Crippen LogP contribution in [0.1, 0.15) is 22.3 Å². The van der Waals surface area contributed by atoms with Gasteiger partial charge in [0, 0.05) is 47.7 Å².